The van der Waals surface area contributed by atoms with Gasteiger partial charge in [-0.1, -0.05) is 11.6 Å². The molecule has 184 valence electrons. The van der Waals surface area contributed by atoms with E-state index in [1.54, 1.807) is 11.9 Å². The number of carbonyl (C=O) groups is 1. The van der Waals surface area contributed by atoms with Gasteiger partial charge in [-0.2, -0.15) is 10.2 Å². The second kappa shape index (κ2) is 9.07. The largest absolute Gasteiger partial charge is 0.373 e. The van der Waals surface area contributed by atoms with Gasteiger partial charge in [0, 0.05) is 54.8 Å². The Morgan fingerprint density at radius 1 is 1.08 bits per heavy atom. The Balaban J connectivity index is 1.62. The average Bonchev–Trinajstić information content (AvgIpc) is 3.44. The summed E-state index contributed by atoms with van der Waals surface area (Å²) >= 11 is 0. The van der Waals surface area contributed by atoms with Crippen LogP contribution in [0.2, 0.25) is 0 Å². The number of hydrogen-bond donors (Lipinski definition) is 2. The van der Waals surface area contributed by atoms with E-state index in [0.717, 1.165) is 62.1 Å². The van der Waals surface area contributed by atoms with Crippen molar-refractivity contribution in [2.45, 2.75) is 40.8 Å². The molecule has 0 bridgehead atoms. The van der Waals surface area contributed by atoms with Crippen LogP contribution < -0.4 is 5.32 Å². The molecule has 0 saturated heterocycles. The molecule has 0 radical (unpaired) electrons. The Hall–Kier alpha value is -4.27. The number of H-pyrrole nitrogens is 1. The van der Waals surface area contributed by atoms with Crippen LogP contribution in [0.3, 0.4) is 0 Å². The second-order valence-electron chi connectivity index (χ2n) is 9.18. The molecule has 0 aliphatic carbocycles. The maximum absolute atomic E-state index is 13.8. The van der Waals surface area contributed by atoms with E-state index in [0.29, 0.717) is 18.1 Å². The highest BCUT2D eigenvalue weighted by molar-refractivity contribution is 6.05. The molecule has 0 saturated carbocycles. The molecule has 2 N–H and O–H groups in total. The first-order valence-corrected chi connectivity index (χ1v) is 12.0. The minimum atomic E-state index is -0.157. The number of aryl methyl sites for hydroxylation is 3. The summed E-state index contributed by atoms with van der Waals surface area (Å²) in [6.07, 6.45) is 1.83. The monoisotopic (exact) mass is 482 g/mol. The van der Waals surface area contributed by atoms with Gasteiger partial charge in [0.05, 0.1) is 17.2 Å². The minimum absolute atomic E-state index is 0.157. The maximum atomic E-state index is 13.8. The van der Waals surface area contributed by atoms with Crippen molar-refractivity contribution in [1.29, 1.82) is 0 Å². The summed E-state index contributed by atoms with van der Waals surface area (Å²) in [5.41, 5.74) is 6.95. The molecule has 36 heavy (non-hydrogen) atoms. The molecule has 2 aromatic carbocycles. The van der Waals surface area contributed by atoms with Gasteiger partial charge >= 0.3 is 0 Å². The fraction of sp³-hybridized carbons (Fsp3) is 0.296. The van der Waals surface area contributed by atoms with Crippen LogP contribution in [0.1, 0.15) is 39.8 Å². The van der Waals surface area contributed by atoms with Gasteiger partial charge in [0.25, 0.3) is 5.91 Å². The first-order valence-electron chi connectivity index (χ1n) is 12.0. The molecule has 3 aromatic heterocycles. The molecule has 0 aliphatic rings. The standard InChI is InChI=1S/C27H30N8O/c1-7-35-17(4)18(13-29-35)14-34(6)27(36)24-20-10-15(2)8-9-22(20)30-26(31-24)19-12-21-23(11-16(19)3)32-33-25(21)28-5/h8-13H,7,14H2,1-6H3,(H2,28,32,33). The highest BCUT2D eigenvalue weighted by Crippen LogP contribution is 2.31. The van der Waals surface area contributed by atoms with Crippen LogP contribution in [0.25, 0.3) is 33.2 Å². The van der Waals surface area contributed by atoms with Crippen molar-refractivity contribution >= 4 is 33.5 Å². The highest BCUT2D eigenvalue weighted by Gasteiger charge is 2.22. The lowest BCUT2D eigenvalue weighted by Gasteiger charge is -2.18. The Morgan fingerprint density at radius 2 is 1.89 bits per heavy atom. The number of rotatable bonds is 6. The van der Waals surface area contributed by atoms with Crippen LogP contribution in [0.15, 0.2) is 36.5 Å². The molecule has 5 aromatic rings. The number of anilines is 1. The van der Waals surface area contributed by atoms with Crippen LogP contribution in [-0.2, 0) is 13.1 Å². The quantitative estimate of drug-likeness (QED) is 0.366. The zero-order chi connectivity index (χ0) is 25.6. The highest BCUT2D eigenvalue weighted by atomic mass is 16.2. The third-order valence-corrected chi connectivity index (χ3v) is 6.70. The summed E-state index contributed by atoms with van der Waals surface area (Å²) in [5.74, 6) is 1.18. The number of nitrogens with zero attached hydrogens (tertiary/aromatic N) is 6. The molecule has 5 rings (SSSR count). The number of benzene rings is 2. The number of aromatic nitrogens is 6. The van der Waals surface area contributed by atoms with E-state index in [2.05, 4.69) is 27.5 Å². The van der Waals surface area contributed by atoms with Crippen LogP contribution in [-0.4, -0.2) is 54.8 Å². The second-order valence-corrected chi connectivity index (χ2v) is 9.18. The Labute approximate surface area is 209 Å². The summed E-state index contributed by atoms with van der Waals surface area (Å²) in [5, 5.41) is 16.6. The Kier molecular flexibility index (Phi) is 5.91. The predicted molar refractivity (Wildman–Crippen MR) is 142 cm³/mol. The zero-order valence-corrected chi connectivity index (χ0v) is 21.5. The van der Waals surface area contributed by atoms with E-state index >= 15 is 0 Å². The van der Waals surface area contributed by atoms with Crippen molar-refractivity contribution in [3.63, 3.8) is 0 Å². The van der Waals surface area contributed by atoms with Crippen LogP contribution >= 0.6 is 0 Å². The van der Waals surface area contributed by atoms with E-state index < -0.39 is 0 Å². The lowest BCUT2D eigenvalue weighted by molar-refractivity contribution is 0.0781. The first kappa shape index (κ1) is 23.5. The van der Waals surface area contributed by atoms with Crippen molar-refractivity contribution in [2.75, 3.05) is 19.4 Å². The first-order chi connectivity index (χ1) is 17.3. The molecule has 0 unspecified atom stereocenters. The zero-order valence-electron chi connectivity index (χ0n) is 21.5. The van der Waals surface area contributed by atoms with E-state index in [-0.39, 0.29) is 5.91 Å². The van der Waals surface area contributed by atoms with Crippen LogP contribution in [0, 0.1) is 20.8 Å². The molecular formula is C27H30N8O. The molecule has 9 heteroatoms. The van der Waals surface area contributed by atoms with Gasteiger partial charge in [-0.15, -0.1) is 0 Å². The van der Waals surface area contributed by atoms with E-state index in [1.165, 1.54) is 0 Å². The van der Waals surface area contributed by atoms with Gasteiger partial charge in [0.2, 0.25) is 0 Å². The third-order valence-electron chi connectivity index (χ3n) is 6.70. The lowest BCUT2D eigenvalue weighted by Crippen LogP contribution is -2.28. The Morgan fingerprint density at radius 3 is 2.61 bits per heavy atom. The molecule has 3 heterocycles. The number of aromatic amines is 1. The number of carbonyl (C=O) groups excluding carboxylic acids is 1. The van der Waals surface area contributed by atoms with E-state index in [1.807, 2.05) is 69.0 Å². The fourth-order valence-corrected chi connectivity index (χ4v) is 4.59. The van der Waals surface area contributed by atoms with Gasteiger partial charge in [0.1, 0.15) is 11.5 Å². The van der Waals surface area contributed by atoms with E-state index in [9.17, 15) is 4.79 Å². The number of fused-ring (bicyclic) bond motifs is 2. The molecule has 9 nitrogen and oxygen atoms in total. The summed E-state index contributed by atoms with van der Waals surface area (Å²) in [6, 6.07) is 9.96. The van der Waals surface area contributed by atoms with Crippen molar-refractivity contribution < 1.29 is 4.79 Å². The molecular weight excluding hydrogens is 452 g/mol. The van der Waals surface area contributed by atoms with Gasteiger partial charge in [-0.3, -0.25) is 14.6 Å². The smallest absolute Gasteiger partial charge is 0.273 e. The minimum Gasteiger partial charge on any atom is -0.373 e. The fourth-order valence-electron chi connectivity index (χ4n) is 4.59. The summed E-state index contributed by atoms with van der Waals surface area (Å²) < 4.78 is 1.93. The van der Waals surface area contributed by atoms with Gasteiger partial charge in [0.15, 0.2) is 5.82 Å². The van der Waals surface area contributed by atoms with Crippen LogP contribution in [0.5, 0.6) is 0 Å². The van der Waals surface area contributed by atoms with Crippen molar-refractivity contribution in [3.05, 3.63) is 64.6 Å². The average molecular weight is 483 g/mol. The predicted octanol–water partition coefficient (Wildman–Crippen LogP) is 4.63. The normalized spacial score (nSPS) is 11.4. The van der Waals surface area contributed by atoms with E-state index in [4.69, 9.17) is 9.97 Å². The lowest BCUT2D eigenvalue weighted by atomic mass is 10.0. The van der Waals surface area contributed by atoms with Crippen molar-refractivity contribution in [3.8, 4) is 11.4 Å². The number of nitrogens with one attached hydrogen (secondary N) is 2. The van der Waals surface area contributed by atoms with Crippen LogP contribution in [0.4, 0.5) is 5.82 Å². The summed E-state index contributed by atoms with van der Waals surface area (Å²) in [7, 11) is 3.65. The van der Waals surface area contributed by atoms with Crippen molar-refractivity contribution in [1.82, 2.24) is 34.8 Å². The summed E-state index contributed by atoms with van der Waals surface area (Å²) in [6.45, 7) is 9.33. The topological polar surface area (TPSA) is 105 Å². The molecule has 1 amide bonds. The van der Waals surface area contributed by atoms with Gasteiger partial charge < -0.3 is 10.2 Å². The van der Waals surface area contributed by atoms with Crippen molar-refractivity contribution in [2.24, 2.45) is 0 Å². The molecule has 0 aliphatic heterocycles. The Bertz CT molecular complexity index is 1610. The molecule has 0 atom stereocenters. The van der Waals surface area contributed by atoms with Gasteiger partial charge in [-0.05, 0) is 57.5 Å². The molecule has 0 spiro atoms. The maximum Gasteiger partial charge on any atom is 0.273 e. The summed E-state index contributed by atoms with van der Waals surface area (Å²) in [4.78, 5) is 25.2. The SMILES string of the molecule is CCn1ncc(CN(C)C(=O)c2nc(-c3cc4c(NC)[nH]nc4cc3C)nc3ccc(C)cc23)c1C. The molecule has 0 fully saturated rings. The number of amides is 1. The third kappa shape index (κ3) is 3.96. The van der Waals surface area contributed by atoms with Gasteiger partial charge in [-0.25, -0.2) is 9.97 Å². The number of hydrogen-bond acceptors (Lipinski definition) is 6.